The third-order valence-corrected chi connectivity index (χ3v) is 9.55. The largest absolute Gasteiger partial charge is 0.477 e. The Bertz CT molecular complexity index is 1240. The molecule has 2 bridgehead atoms. The predicted molar refractivity (Wildman–Crippen MR) is 137 cm³/mol. The number of aliphatic carboxylic acids is 1. The molecule has 0 radical (unpaired) electrons. The van der Waals surface area contributed by atoms with Crippen molar-refractivity contribution in [1.82, 2.24) is 15.2 Å². The summed E-state index contributed by atoms with van der Waals surface area (Å²) in [6.07, 6.45) is 0.612. The Morgan fingerprint density at radius 3 is 2.68 bits per heavy atom. The van der Waals surface area contributed by atoms with Crippen molar-refractivity contribution in [1.29, 1.82) is 0 Å². The Balaban J connectivity index is 1.33. The summed E-state index contributed by atoms with van der Waals surface area (Å²) in [5, 5.41) is 17.7. The van der Waals surface area contributed by atoms with Gasteiger partial charge in [0.05, 0.1) is 13.1 Å². The van der Waals surface area contributed by atoms with Gasteiger partial charge in [-0.25, -0.2) is 14.6 Å². The number of nitrogen functional groups attached to an aromatic ring is 1. The molecule has 3 amide bonds. The van der Waals surface area contributed by atoms with Crippen molar-refractivity contribution in [3.8, 4) is 0 Å². The number of quaternary nitrogens is 1. The van der Waals surface area contributed by atoms with Gasteiger partial charge < -0.3 is 35.9 Å². The smallest absolute Gasteiger partial charge is 0.404 e. The minimum atomic E-state index is -1.20. The van der Waals surface area contributed by atoms with Crippen molar-refractivity contribution in [2.75, 3.05) is 44.8 Å². The van der Waals surface area contributed by atoms with Crippen LogP contribution in [0.1, 0.15) is 18.5 Å². The molecule has 5 aliphatic heterocycles. The van der Waals surface area contributed by atoms with Crippen molar-refractivity contribution < 1.29 is 38.3 Å². The molecule has 3 atom stereocenters. The fourth-order valence-corrected chi connectivity index (χ4v) is 7.72. The van der Waals surface area contributed by atoms with E-state index in [1.54, 1.807) is 5.38 Å². The normalized spacial score (nSPS) is 30.4. The zero-order valence-electron chi connectivity index (χ0n) is 20.5. The number of fused-ring (bicyclic) bond motifs is 4. The van der Waals surface area contributed by atoms with Gasteiger partial charge in [0.2, 0.25) is 0 Å². The number of nitrogens with zero attached hydrogens (tertiary/aromatic N) is 4. The van der Waals surface area contributed by atoms with E-state index < -0.39 is 35.3 Å². The van der Waals surface area contributed by atoms with Crippen LogP contribution in [0.15, 0.2) is 21.8 Å². The molecular weight excluding hydrogens is 538 g/mol. The number of aromatic nitrogens is 1. The van der Waals surface area contributed by atoms with Crippen molar-refractivity contribution in [2.24, 2.45) is 16.8 Å². The van der Waals surface area contributed by atoms with Gasteiger partial charge in [0.1, 0.15) is 43.0 Å². The van der Waals surface area contributed by atoms with E-state index >= 15 is 0 Å². The highest BCUT2D eigenvalue weighted by Gasteiger charge is 2.56. The summed E-state index contributed by atoms with van der Waals surface area (Å²) in [5.74, 6) is -1.76. The first kappa shape index (κ1) is 26.2. The van der Waals surface area contributed by atoms with Gasteiger partial charge in [-0.2, -0.15) is 0 Å². The van der Waals surface area contributed by atoms with Gasteiger partial charge in [0.15, 0.2) is 16.9 Å². The molecule has 4 fully saturated rings. The molecule has 1 aromatic rings. The molecule has 204 valence electrons. The van der Waals surface area contributed by atoms with Crippen molar-refractivity contribution in [2.45, 2.75) is 30.4 Å². The number of β-lactam (4-membered cyclic amide) rings is 1. The van der Waals surface area contributed by atoms with Crippen molar-refractivity contribution >= 4 is 57.8 Å². The monoisotopic (exact) mass is 566 g/mol. The number of carbonyl (C=O) groups excluding carboxylic acids is 3. The standard InChI is InChI=1S/C22H27N7O7S2/c1-35-27-14(12-9-38-21(23)25-12)17(30)26-15-18(31)28-16(20(32)33)11(8-37-19(15)28)6-29-4-2-10(3-5-29)13(7-29)36-22(24)34/h9-10,13,15,19H,2-8H2,1H3,(H5-,23,24,25,26,30,32,33,34)/p+1/b27-14-/t10?,13?,15-,19-,29?/m1/s1. The first-order chi connectivity index (χ1) is 18.1. The summed E-state index contributed by atoms with van der Waals surface area (Å²) in [4.78, 5) is 59.9. The van der Waals surface area contributed by atoms with Crippen LogP contribution in [0.5, 0.6) is 0 Å². The number of amides is 3. The number of hydrogen-bond acceptors (Lipinski definition) is 11. The average molecular weight is 567 g/mol. The van der Waals surface area contributed by atoms with Gasteiger partial charge in [0, 0.05) is 35.5 Å². The maximum atomic E-state index is 13.2. The van der Waals surface area contributed by atoms with E-state index in [4.69, 9.17) is 21.0 Å². The molecule has 16 heteroatoms. The lowest BCUT2D eigenvalue weighted by Gasteiger charge is -2.54. The Labute approximate surface area is 225 Å². The highest BCUT2D eigenvalue weighted by Crippen LogP contribution is 2.43. The maximum absolute atomic E-state index is 13.2. The van der Waals surface area contributed by atoms with E-state index in [-0.39, 0.29) is 34.3 Å². The number of thioether (sulfide) groups is 1. The highest BCUT2D eigenvalue weighted by molar-refractivity contribution is 8.00. The summed E-state index contributed by atoms with van der Waals surface area (Å²) in [7, 11) is 1.28. The Kier molecular flexibility index (Phi) is 6.96. The molecule has 6 heterocycles. The molecule has 1 unspecified atom stereocenters. The van der Waals surface area contributed by atoms with Gasteiger partial charge in [-0.3, -0.25) is 14.5 Å². The number of hydrogen-bond donors (Lipinski definition) is 4. The van der Waals surface area contributed by atoms with Crippen LogP contribution in [0.3, 0.4) is 0 Å². The second-order valence-corrected chi connectivity index (χ2v) is 11.7. The third-order valence-electron chi connectivity index (χ3n) is 7.53. The van der Waals surface area contributed by atoms with Crippen molar-refractivity contribution in [3.05, 3.63) is 22.3 Å². The molecule has 1 aromatic heterocycles. The van der Waals surface area contributed by atoms with Crippen LogP contribution in [0.25, 0.3) is 0 Å². The van der Waals surface area contributed by atoms with Gasteiger partial charge in [-0.1, -0.05) is 5.16 Å². The number of carboxylic acid groups (broad SMARTS) is 1. The van der Waals surface area contributed by atoms with Gasteiger partial charge >= 0.3 is 12.1 Å². The van der Waals surface area contributed by atoms with Crippen LogP contribution in [0.2, 0.25) is 0 Å². The van der Waals surface area contributed by atoms with Crippen LogP contribution in [0.4, 0.5) is 9.93 Å². The summed E-state index contributed by atoms with van der Waals surface area (Å²) in [6, 6.07) is -0.937. The lowest BCUT2D eigenvalue weighted by Crippen LogP contribution is -2.71. The summed E-state index contributed by atoms with van der Waals surface area (Å²) >= 11 is 2.52. The second-order valence-electron chi connectivity index (χ2n) is 9.75. The Morgan fingerprint density at radius 1 is 1.34 bits per heavy atom. The molecule has 4 saturated heterocycles. The van der Waals surface area contributed by atoms with E-state index in [1.165, 1.54) is 23.8 Å². The van der Waals surface area contributed by atoms with Crippen LogP contribution in [-0.2, 0) is 24.0 Å². The average Bonchev–Trinajstić information content (AvgIpc) is 3.31. The minimum Gasteiger partial charge on any atom is -0.477 e. The fraction of sp³-hybridized carbons (Fsp3) is 0.545. The maximum Gasteiger partial charge on any atom is 0.404 e. The number of carbonyl (C=O) groups is 4. The molecule has 0 saturated carbocycles. The number of piperidine rings is 3. The number of nitrogens with one attached hydrogen (secondary N) is 1. The number of primary amides is 1. The number of carboxylic acids is 1. The molecule has 0 aliphatic carbocycles. The van der Waals surface area contributed by atoms with E-state index in [0.717, 1.165) is 37.3 Å². The Hall–Kier alpha value is -3.37. The fourth-order valence-electron chi connectivity index (χ4n) is 5.84. The number of nitrogens with two attached hydrogens (primary N) is 2. The van der Waals surface area contributed by atoms with Crippen LogP contribution >= 0.6 is 23.1 Å². The van der Waals surface area contributed by atoms with Gasteiger partial charge in [-0.15, -0.1) is 23.1 Å². The lowest BCUT2D eigenvalue weighted by atomic mass is 9.82. The zero-order chi connectivity index (χ0) is 27.2. The van der Waals surface area contributed by atoms with Gasteiger partial charge in [0.25, 0.3) is 11.8 Å². The SMILES string of the molecule is CO/N=C(\C(=O)N[C@@H]1C(=O)N2C(C(=O)O)=C(C[N+]34CCC(CC3)C(OC(N)=O)C4)CS[C@H]12)c1csc(N)n1. The second kappa shape index (κ2) is 10.1. The molecule has 38 heavy (non-hydrogen) atoms. The van der Waals surface area contributed by atoms with E-state index in [1.807, 2.05) is 0 Å². The van der Waals surface area contributed by atoms with Crippen molar-refractivity contribution in [3.63, 3.8) is 0 Å². The number of oxime groups is 1. The number of ether oxygens (including phenoxy) is 1. The van der Waals surface area contributed by atoms with E-state index in [0.29, 0.717) is 28.9 Å². The summed E-state index contributed by atoms with van der Waals surface area (Å²) in [5.41, 5.74) is 11.6. The third kappa shape index (κ3) is 4.67. The van der Waals surface area contributed by atoms with Crippen LogP contribution < -0.4 is 16.8 Å². The molecule has 6 N–H and O–H groups in total. The quantitative estimate of drug-likeness (QED) is 0.138. The summed E-state index contributed by atoms with van der Waals surface area (Å²) < 4.78 is 5.94. The first-order valence-corrected chi connectivity index (χ1v) is 13.9. The molecule has 5 aliphatic rings. The molecule has 0 aromatic carbocycles. The van der Waals surface area contributed by atoms with E-state index in [2.05, 4.69) is 15.5 Å². The number of rotatable bonds is 8. The molecule has 0 spiro atoms. The highest BCUT2D eigenvalue weighted by atomic mass is 32.2. The number of thiazole rings is 1. The van der Waals surface area contributed by atoms with Gasteiger partial charge in [-0.05, 0) is 0 Å². The number of anilines is 1. The minimum absolute atomic E-state index is 0.0464. The molecule has 14 nitrogen and oxygen atoms in total. The first-order valence-electron chi connectivity index (χ1n) is 12.0. The topological polar surface area (TPSA) is 200 Å². The lowest BCUT2D eigenvalue weighted by molar-refractivity contribution is -0.942. The van der Waals surface area contributed by atoms with E-state index in [9.17, 15) is 24.3 Å². The zero-order valence-corrected chi connectivity index (χ0v) is 22.1. The summed E-state index contributed by atoms with van der Waals surface area (Å²) in [6.45, 7) is 2.67. The van der Waals surface area contributed by atoms with Crippen LogP contribution in [0, 0.1) is 5.92 Å². The molecule has 6 rings (SSSR count). The Morgan fingerprint density at radius 2 is 2.08 bits per heavy atom. The molecular formula is C22H28N7O7S2+. The predicted octanol–water partition coefficient (Wildman–Crippen LogP) is -0.481. The van der Waals surface area contributed by atoms with Crippen LogP contribution in [-0.4, -0.2) is 106 Å².